The highest BCUT2D eigenvalue weighted by Crippen LogP contribution is 2.17. The standard InChI is InChI=1S/C10H13N/c1-3-9-7-5-6-8-10(9)11-4-2/h4-8H,3H2,1-2H3/b11-4-. The van der Waals surface area contributed by atoms with Gasteiger partial charge >= 0.3 is 0 Å². The van der Waals surface area contributed by atoms with E-state index in [1.807, 2.05) is 31.3 Å². The van der Waals surface area contributed by atoms with Crippen LogP contribution in [0.5, 0.6) is 0 Å². The van der Waals surface area contributed by atoms with Crippen molar-refractivity contribution < 1.29 is 0 Å². The minimum absolute atomic E-state index is 1.05. The minimum Gasteiger partial charge on any atom is -0.261 e. The normalized spacial score (nSPS) is 10.7. The molecule has 0 aliphatic heterocycles. The molecule has 0 atom stereocenters. The summed E-state index contributed by atoms with van der Waals surface area (Å²) >= 11 is 0. The summed E-state index contributed by atoms with van der Waals surface area (Å²) in [6.45, 7) is 4.08. The second kappa shape index (κ2) is 3.91. The molecule has 0 heterocycles. The van der Waals surface area contributed by atoms with E-state index in [9.17, 15) is 0 Å². The first-order valence-electron chi connectivity index (χ1n) is 3.95. The molecule has 0 unspecified atom stereocenters. The fraction of sp³-hybridized carbons (Fsp3) is 0.300. The van der Waals surface area contributed by atoms with Gasteiger partial charge in [-0.05, 0) is 25.0 Å². The van der Waals surface area contributed by atoms with Gasteiger partial charge in [-0.1, -0.05) is 25.1 Å². The number of hydrogen-bond acceptors (Lipinski definition) is 1. The van der Waals surface area contributed by atoms with Gasteiger partial charge in [0.15, 0.2) is 0 Å². The first-order chi connectivity index (χ1) is 5.38. The molecule has 11 heavy (non-hydrogen) atoms. The molecule has 58 valence electrons. The van der Waals surface area contributed by atoms with Crippen LogP contribution >= 0.6 is 0 Å². The maximum absolute atomic E-state index is 4.25. The lowest BCUT2D eigenvalue weighted by atomic mass is 10.1. The van der Waals surface area contributed by atoms with Crippen molar-refractivity contribution >= 4 is 11.9 Å². The maximum Gasteiger partial charge on any atom is 0.0657 e. The largest absolute Gasteiger partial charge is 0.261 e. The van der Waals surface area contributed by atoms with Crippen molar-refractivity contribution in [2.24, 2.45) is 4.99 Å². The highest BCUT2D eigenvalue weighted by Gasteiger charge is 1.93. The molecule has 0 aromatic heterocycles. The lowest BCUT2D eigenvalue weighted by molar-refractivity contribution is 1.13. The zero-order valence-corrected chi connectivity index (χ0v) is 7.04. The molecule has 0 saturated carbocycles. The summed E-state index contributed by atoms with van der Waals surface area (Å²) in [6.07, 6.45) is 2.88. The van der Waals surface area contributed by atoms with Crippen LogP contribution in [0, 0.1) is 0 Å². The molecule has 0 saturated heterocycles. The Morgan fingerprint density at radius 3 is 2.73 bits per heavy atom. The molecule has 0 fully saturated rings. The Bertz CT molecular complexity index is 251. The summed E-state index contributed by atoms with van der Waals surface area (Å²) in [5.41, 5.74) is 2.41. The van der Waals surface area contributed by atoms with Crippen LogP contribution in [0.1, 0.15) is 19.4 Å². The average molecular weight is 147 g/mol. The van der Waals surface area contributed by atoms with Gasteiger partial charge in [0.05, 0.1) is 5.69 Å². The smallest absolute Gasteiger partial charge is 0.0657 e. The molecule has 1 rings (SSSR count). The van der Waals surface area contributed by atoms with E-state index in [0.717, 1.165) is 12.1 Å². The molecule has 0 aliphatic carbocycles. The second-order valence-corrected chi connectivity index (χ2v) is 2.37. The number of rotatable bonds is 2. The lowest BCUT2D eigenvalue weighted by Gasteiger charge is -1.99. The van der Waals surface area contributed by atoms with E-state index in [-0.39, 0.29) is 0 Å². The van der Waals surface area contributed by atoms with Gasteiger partial charge < -0.3 is 0 Å². The van der Waals surface area contributed by atoms with Crippen molar-refractivity contribution in [1.82, 2.24) is 0 Å². The van der Waals surface area contributed by atoms with Crippen LogP contribution in [0.4, 0.5) is 5.69 Å². The molecule has 0 bridgehead atoms. The summed E-state index contributed by atoms with van der Waals surface area (Å²) in [7, 11) is 0. The van der Waals surface area contributed by atoms with Gasteiger partial charge in [0.25, 0.3) is 0 Å². The van der Waals surface area contributed by atoms with Crippen LogP contribution in [0.15, 0.2) is 29.3 Å². The van der Waals surface area contributed by atoms with Gasteiger partial charge in [-0.25, -0.2) is 0 Å². The first-order valence-corrected chi connectivity index (χ1v) is 3.95. The Morgan fingerprint density at radius 1 is 1.36 bits per heavy atom. The number of para-hydroxylation sites is 1. The van der Waals surface area contributed by atoms with Crippen LogP contribution in [-0.4, -0.2) is 6.21 Å². The lowest BCUT2D eigenvalue weighted by Crippen LogP contribution is -1.79. The number of aryl methyl sites for hydroxylation is 1. The molecule has 1 heteroatoms. The second-order valence-electron chi connectivity index (χ2n) is 2.37. The van der Waals surface area contributed by atoms with Crippen molar-refractivity contribution in [3.05, 3.63) is 29.8 Å². The van der Waals surface area contributed by atoms with Crippen LogP contribution < -0.4 is 0 Å². The summed E-state index contributed by atoms with van der Waals surface area (Å²) < 4.78 is 0. The molecule has 1 aromatic rings. The molecule has 0 amide bonds. The molecule has 0 radical (unpaired) electrons. The fourth-order valence-electron chi connectivity index (χ4n) is 1.07. The number of aliphatic imine (C=N–C) groups is 1. The highest BCUT2D eigenvalue weighted by molar-refractivity contribution is 5.62. The molecule has 1 nitrogen and oxygen atoms in total. The topological polar surface area (TPSA) is 12.4 Å². The van der Waals surface area contributed by atoms with E-state index < -0.39 is 0 Å². The van der Waals surface area contributed by atoms with Crippen molar-refractivity contribution in [2.75, 3.05) is 0 Å². The average Bonchev–Trinajstić information content (AvgIpc) is 2.06. The van der Waals surface area contributed by atoms with E-state index in [2.05, 4.69) is 18.0 Å². The third kappa shape index (κ3) is 1.90. The van der Waals surface area contributed by atoms with E-state index in [0.29, 0.717) is 0 Å². The van der Waals surface area contributed by atoms with Crippen molar-refractivity contribution in [3.63, 3.8) is 0 Å². The van der Waals surface area contributed by atoms with E-state index in [4.69, 9.17) is 0 Å². The fourth-order valence-corrected chi connectivity index (χ4v) is 1.07. The van der Waals surface area contributed by atoms with Crippen molar-refractivity contribution in [3.8, 4) is 0 Å². The summed E-state index contributed by atoms with van der Waals surface area (Å²) in [4.78, 5) is 4.25. The minimum atomic E-state index is 1.05. The van der Waals surface area contributed by atoms with Gasteiger partial charge in [-0.15, -0.1) is 0 Å². The van der Waals surface area contributed by atoms with Crippen molar-refractivity contribution in [1.29, 1.82) is 0 Å². The van der Waals surface area contributed by atoms with Gasteiger partial charge in [0.2, 0.25) is 0 Å². The number of nitrogens with zero attached hydrogens (tertiary/aromatic N) is 1. The predicted octanol–water partition coefficient (Wildman–Crippen LogP) is 2.97. The molecule has 1 aromatic carbocycles. The van der Waals surface area contributed by atoms with E-state index >= 15 is 0 Å². The third-order valence-corrected chi connectivity index (χ3v) is 1.64. The zero-order valence-electron chi connectivity index (χ0n) is 7.04. The Labute approximate surface area is 67.8 Å². The van der Waals surface area contributed by atoms with Crippen LogP contribution in [0.25, 0.3) is 0 Å². The Hall–Kier alpha value is -1.11. The Balaban J connectivity index is 3.02. The third-order valence-electron chi connectivity index (χ3n) is 1.64. The SMILES string of the molecule is C/C=N\c1ccccc1CC. The first kappa shape index (κ1) is 7.99. The van der Waals surface area contributed by atoms with Crippen molar-refractivity contribution in [2.45, 2.75) is 20.3 Å². The predicted molar refractivity (Wildman–Crippen MR) is 49.6 cm³/mol. The number of hydrogen-bond donors (Lipinski definition) is 0. The Morgan fingerprint density at radius 2 is 2.09 bits per heavy atom. The zero-order chi connectivity index (χ0) is 8.10. The van der Waals surface area contributed by atoms with Gasteiger partial charge in [-0.3, -0.25) is 4.99 Å². The van der Waals surface area contributed by atoms with E-state index in [1.165, 1.54) is 5.56 Å². The quantitative estimate of drug-likeness (QED) is 0.570. The molecular weight excluding hydrogens is 134 g/mol. The van der Waals surface area contributed by atoms with Crippen LogP contribution in [-0.2, 0) is 6.42 Å². The molecular formula is C10H13N. The van der Waals surface area contributed by atoms with Gasteiger partial charge in [0, 0.05) is 6.21 Å². The van der Waals surface area contributed by atoms with Gasteiger partial charge in [0.1, 0.15) is 0 Å². The molecule has 0 aliphatic rings. The summed E-state index contributed by atoms with van der Waals surface area (Å²) in [5, 5.41) is 0. The Kier molecular flexibility index (Phi) is 2.84. The van der Waals surface area contributed by atoms with E-state index in [1.54, 1.807) is 0 Å². The van der Waals surface area contributed by atoms with Crippen LogP contribution in [0.2, 0.25) is 0 Å². The summed E-state index contributed by atoms with van der Waals surface area (Å²) in [5.74, 6) is 0. The monoisotopic (exact) mass is 147 g/mol. The summed E-state index contributed by atoms with van der Waals surface area (Å²) in [6, 6.07) is 8.22. The highest BCUT2D eigenvalue weighted by atomic mass is 14.7. The number of benzene rings is 1. The molecule has 0 N–H and O–H groups in total. The molecule has 0 spiro atoms. The van der Waals surface area contributed by atoms with Gasteiger partial charge in [-0.2, -0.15) is 0 Å². The van der Waals surface area contributed by atoms with Crippen LogP contribution in [0.3, 0.4) is 0 Å². The maximum atomic E-state index is 4.25.